The van der Waals surface area contributed by atoms with Crippen LogP contribution < -0.4 is 10.0 Å². The lowest BCUT2D eigenvalue weighted by Crippen LogP contribution is -2.33. The molecule has 1 atom stereocenters. The molecule has 2 N–H and O–H groups in total. The van der Waals surface area contributed by atoms with Gasteiger partial charge in [-0.3, -0.25) is 4.79 Å². The Balaban J connectivity index is 1.55. The van der Waals surface area contributed by atoms with Gasteiger partial charge in [0.1, 0.15) is 5.76 Å². The summed E-state index contributed by atoms with van der Waals surface area (Å²) in [6.07, 6.45) is 4.58. The predicted molar refractivity (Wildman–Crippen MR) is 124 cm³/mol. The van der Waals surface area contributed by atoms with Gasteiger partial charge in [-0.1, -0.05) is 42.5 Å². The third-order valence-corrected chi connectivity index (χ3v) is 6.33. The molecule has 0 aliphatic carbocycles. The minimum Gasteiger partial charge on any atom is -0.468 e. The minimum absolute atomic E-state index is 0.0618. The highest BCUT2D eigenvalue weighted by Gasteiger charge is 2.15. The quantitative estimate of drug-likeness (QED) is 0.460. The van der Waals surface area contributed by atoms with Gasteiger partial charge < -0.3 is 14.6 Å². The fraction of sp³-hybridized carbons (Fsp3) is 0.208. The van der Waals surface area contributed by atoms with Crippen molar-refractivity contribution < 1.29 is 17.6 Å². The second-order valence-corrected chi connectivity index (χ2v) is 9.21. The number of amides is 1. The van der Waals surface area contributed by atoms with Crippen LogP contribution >= 0.6 is 0 Å². The van der Waals surface area contributed by atoms with Crippen molar-refractivity contribution in [3.05, 3.63) is 96.0 Å². The highest BCUT2D eigenvalue weighted by molar-refractivity contribution is 7.89. The van der Waals surface area contributed by atoms with Crippen LogP contribution in [0.25, 0.3) is 6.08 Å². The van der Waals surface area contributed by atoms with E-state index in [0.717, 1.165) is 11.1 Å². The minimum atomic E-state index is -3.66. The zero-order chi connectivity index (χ0) is 23.0. The van der Waals surface area contributed by atoms with Gasteiger partial charge in [-0.25, -0.2) is 13.1 Å². The normalized spacial score (nSPS) is 12.8. The van der Waals surface area contributed by atoms with Crippen molar-refractivity contribution in [3.8, 4) is 0 Å². The van der Waals surface area contributed by atoms with E-state index in [2.05, 4.69) is 14.9 Å². The van der Waals surface area contributed by atoms with Gasteiger partial charge in [0, 0.05) is 12.6 Å². The maximum atomic E-state index is 12.4. The first-order valence-electron chi connectivity index (χ1n) is 10.1. The molecule has 0 saturated heterocycles. The lowest BCUT2D eigenvalue weighted by molar-refractivity contribution is -0.116. The van der Waals surface area contributed by atoms with E-state index >= 15 is 0 Å². The van der Waals surface area contributed by atoms with E-state index in [1.807, 2.05) is 44.4 Å². The lowest BCUT2D eigenvalue weighted by atomic mass is 10.1. The fourth-order valence-electron chi connectivity index (χ4n) is 3.12. The smallest absolute Gasteiger partial charge is 0.244 e. The topological polar surface area (TPSA) is 91.7 Å². The number of sulfonamides is 1. The zero-order valence-electron chi connectivity index (χ0n) is 18.1. The van der Waals surface area contributed by atoms with Crippen LogP contribution in [0.2, 0.25) is 0 Å². The Hall–Kier alpha value is -3.20. The van der Waals surface area contributed by atoms with Gasteiger partial charge in [0.15, 0.2) is 0 Å². The van der Waals surface area contributed by atoms with Gasteiger partial charge in [0.05, 0.1) is 23.7 Å². The van der Waals surface area contributed by atoms with Crippen LogP contribution in [0.5, 0.6) is 0 Å². The number of likely N-dealkylation sites (N-methyl/N-ethyl adjacent to an activating group) is 1. The van der Waals surface area contributed by atoms with E-state index in [1.165, 1.54) is 24.5 Å². The van der Waals surface area contributed by atoms with Crippen molar-refractivity contribution in [2.45, 2.75) is 17.5 Å². The van der Waals surface area contributed by atoms with E-state index in [0.29, 0.717) is 12.3 Å². The average molecular weight is 454 g/mol. The zero-order valence-corrected chi connectivity index (χ0v) is 18.9. The molecule has 3 aromatic rings. The molecule has 1 heterocycles. The van der Waals surface area contributed by atoms with Crippen LogP contribution in [-0.2, 0) is 21.4 Å². The van der Waals surface area contributed by atoms with Gasteiger partial charge in [-0.2, -0.15) is 0 Å². The molecule has 7 nitrogen and oxygen atoms in total. The van der Waals surface area contributed by atoms with Gasteiger partial charge in [-0.15, -0.1) is 0 Å². The third kappa shape index (κ3) is 6.65. The first-order valence-corrected chi connectivity index (χ1v) is 11.6. The van der Waals surface area contributed by atoms with E-state index < -0.39 is 10.0 Å². The van der Waals surface area contributed by atoms with Gasteiger partial charge in [0.2, 0.25) is 15.9 Å². The first-order chi connectivity index (χ1) is 15.3. The standard InChI is InChI=1S/C24H27N3O4S/c1-27(2)23(20-7-4-3-5-8-20)18-25-24(28)15-12-19-10-13-22(14-11-19)32(29,30)26-17-21-9-6-16-31-21/h3-16,23,26H,17-18H2,1-2H3,(H,25,28)/b15-12+/t23-/m0/s1. The summed E-state index contributed by atoms with van der Waals surface area (Å²) in [6.45, 7) is 0.548. The molecule has 168 valence electrons. The van der Waals surface area contributed by atoms with Crippen LogP contribution in [0.3, 0.4) is 0 Å². The number of hydrogen-bond acceptors (Lipinski definition) is 5. The molecule has 1 amide bonds. The predicted octanol–water partition coefficient (Wildman–Crippen LogP) is 3.19. The number of carbonyl (C=O) groups excluding carboxylic acids is 1. The number of benzene rings is 2. The number of rotatable bonds is 10. The summed E-state index contributed by atoms with van der Waals surface area (Å²) in [6, 6.07) is 19.7. The number of hydrogen-bond donors (Lipinski definition) is 2. The Labute approximate surface area is 188 Å². The SMILES string of the molecule is CN(C)[C@@H](CNC(=O)/C=C/c1ccc(S(=O)(=O)NCc2ccco2)cc1)c1ccccc1. The van der Waals surface area contributed by atoms with Crippen LogP contribution in [0.4, 0.5) is 0 Å². The fourth-order valence-corrected chi connectivity index (χ4v) is 4.12. The molecule has 3 rings (SSSR count). The molecule has 1 aromatic heterocycles. The van der Waals surface area contributed by atoms with Crippen molar-refractivity contribution in [2.24, 2.45) is 0 Å². The summed E-state index contributed by atoms with van der Waals surface area (Å²) < 4.78 is 32.4. The highest BCUT2D eigenvalue weighted by atomic mass is 32.2. The van der Waals surface area contributed by atoms with Crippen molar-refractivity contribution in [1.29, 1.82) is 0 Å². The summed E-state index contributed by atoms with van der Waals surface area (Å²) in [5.74, 6) is 0.313. The summed E-state index contributed by atoms with van der Waals surface area (Å²) in [4.78, 5) is 14.5. The van der Waals surface area contributed by atoms with Crippen LogP contribution in [0, 0.1) is 0 Å². The summed E-state index contributed by atoms with van der Waals surface area (Å²) in [5, 5.41) is 2.92. The monoisotopic (exact) mass is 453 g/mol. The van der Waals surface area contributed by atoms with Gasteiger partial charge in [-0.05, 0) is 55.6 Å². The molecule has 0 aliphatic heterocycles. The largest absolute Gasteiger partial charge is 0.468 e. The lowest BCUT2D eigenvalue weighted by Gasteiger charge is -2.24. The molecular weight excluding hydrogens is 426 g/mol. The molecule has 0 spiro atoms. The Bertz CT molecular complexity index is 1120. The second-order valence-electron chi connectivity index (χ2n) is 7.44. The van der Waals surface area contributed by atoms with Crippen molar-refractivity contribution >= 4 is 22.0 Å². The molecule has 32 heavy (non-hydrogen) atoms. The van der Waals surface area contributed by atoms with Crippen molar-refractivity contribution in [3.63, 3.8) is 0 Å². The molecule has 0 aliphatic rings. The van der Waals surface area contributed by atoms with Gasteiger partial charge in [0.25, 0.3) is 0 Å². The van der Waals surface area contributed by atoms with E-state index in [9.17, 15) is 13.2 Å². The molecule has 0 bridgehead atoms. The van der Waals surface area contributed by atoms with E-state index in [-0.39, 0.29) is 23.4 Å². The molecular formula is C24H27N3O4S. The van der Waals surface area contributed by atoms with Gasteiger partial charge >= 0.3 is 0 Å². The number of carbonyl (C=O) groups is 1. The van der Waals surface area contributed by atoms with Crippen molar-refractivity contribution in [2.75, 3.05) is 20.6 Å². The summed E-state index contributed by atoms with van der Waals surface area (Å²) >= 11 is 0. The first kappa shape index (κ1) is 23.5. The highest BCUT2D eigenvalue weighted by Crippen LogP contribution is 2.17. The van der Waals surface area contributed by atoms with Crippen LogP contribution in [0.15, 0.2) is 88.4 Å². The van der Waals surface area contributed by atoms with Crippen LogP contribution in [-0.4, -0.2) is 39.9 Å². The molecule has 2 aromatic carbocycles. The Morgan fingerprint density at radius 1 is 1.03 bits per heavy atom. The Morgan fingerprint density at radius 2 is 1.75 bits per heavy atom. The maximum absolute atomic E-state index is 12.4. The number of furan rings is 1. The molecule has 0 saturated carbocycles. The molecule has 0 radical (unpaired) electrons. The Kier molecular flexibility index (Phi) is 7.99. The Morgan fingerprint density at radius 3 is 2.38 bits per heavy atom. The summed E-state index contributed by atoms with van der Waals surface area (Å²) in [7, 11) is 0.287. The van der Waals surface area contributed by atoms with E-state index in [4.69, 9.17) is 4.42 Å². The number of nitrogens with one attached hydrogen (secondary N) is 2. The number of nitrogens with zero attached hydrogens (tertiary/aromatic N) is 1. The molecule has 0 unspecified atom stereocenters. The maximum Gasteiger partial charge on any atom is 0.244 e. The van der Waals surface area contributed by atoms with Crippen LogP contribution in [0.1, 0.15) is 22.9 Å². The van der Waals surface area contributed by atoms with E-state index in [1.54, 1.807) is 30.3 Å². The molecule has 0 fully saturated rings. The van der Waals surface area contributed by atoms with Crippen molar-refractivity contribution in [1.82, 2.24) is 14.9 Å². The average Bonchev–Trinajstić information content (AvgIpc) is 3.31. The second kappa shape index (κ2) is 10.9. The molecule has 8 heteroatoms. The summed E-state index contributed by atoms with van der Waals surface area (Å²) in [5.41, 5.74) is 1.84. The third-order valence-electron chi connectivity index (χ3n) is 4.91.